The number of fused-ring (bicyclic) bond motifs is 1. The molecule has 0 aromatic carbocycles. The fourth-order valence-corrected chi connectivity index (χ4v) is 4.51. The standard InChI is InChI=1S/C16H22N2S/c17-9-2-5-14-8-11-19-16(14)12-18-10-3-6-13-4-1-7-15(13)18/h8,11,13,15H,1,3-4,6-7,9-10,12,17H2. The van der Waals surface area contributed by atoms with E-state index in [1.807, 2.05) is 11.3 Å². The third kappa shape index (κ3) is 2.86. The molecule has 2 atom stereocenters. The van der Waals surface area contributed by atoms with E-state index in [4.69, 9.17) is 5.73 Å². The SMILES string of the molecule is NCC#Cc1ccsc1CN1CCCC2CCCC21. The van der Waals surface area contributed by atoms with E-state index in [9.17, 15) is 0 Å². The van der Waals surface area contributed by atoms with E-state index in [1.54, 1.807) is 0 Å². The van der Waals surface area contributed by atoms with Crippen LogP contribution in [-0.4, -0.2) is 24.0 Å². The molecule has 2 fully saturated rings. The van der Waals surface area contributed by atoms with Crippen LogP contribution in [0.15, 0.2) is 11.4 Å². The summed E-state index contributed by atoms with van der Waals surface area (Å²) in [5.74, 6) is 7.16. The van der Waals surface area contributed by atoms with Gasteiger partial charge in [-0.2, -0.15) is 0 Å². The number of thiophene rings is 1. The molecule has 1 aliphatic carbocycles. The molecule has 1 aromatic heterocycles. The van der Waals surface area contributed by atoms with Crippen molar-refractivity contribution < 1.29 is 0 Å². The van der Waals surface area contributed by atoms with Gasteiger partial charge in [0, 0.05) is 23.0 Å². The first-order valence-corrected chi connectivity index (χ1v) is 8.26. The molecule has 0 radical (unpaired) electrons. The lowest BCUT2D eigenvalue weighted by Crippen LogP contribution is -2.41. The number of hydrogen-bond donors (Lipinski definition) is 1. The Morgan fingerprint density at radius 1 is 1.32 bits per heavy atom. The number of rotatable bonds is 2. The minimum atomic E-state index is 0.448. The molecule has 2 heterocycles. The summed E-state index contributed by atoms with van der Waals surface area (Å²) in [6.45, 7) is 2.81. The summed E-state index contributed by atoms with van der Waals surface area (Å²) in [6.07, 6.45) is 7.10. The Kier molecular flexibility index (Phi) is 4.22. The molecule has 102 valence electrons. The zero-order valence-corrected chi connectivity index (χ0v) is 12.2. The van der Waals surface area contributed by atoms with Crippen molar-refractivity contribution in [1.29, 1.82) is 0 Å². The van der Waals surface area contributed by atoms with Crippen LogP contribution in [0.2, 0.25) is 0 Å². The predicted octanol–water partition coefficient (Wildman–Crippen LogP) is 2.82. The predicted molar refractivity (Wildman–Crippen MR) is 81.0 cm³/mol. The molecule has 2 nitrogen and oxygen atoms in total. The van der Waals surface area contributed by atoms with E-state index in [-0.39, 0.29) is 0 Å². The van der Waals surface area contributed by atoms with Crippen LogP contribution in [-0.2, 0) is 6.54 Å². The first kappa shape index (κ1) is 13.2. The number of likely N-dealkylation sites (tertiary alicyclic amines) is 1. The summed E-state index contributed by atoms with van der Waals surface area (Å²) >= 11 is 1.84. The smallest absolute Gasteiger partial charge is 0.0555 e. The third-order valence-electron chi connectivity index (χ3n) is 4.53. The highest BCUT2D eigenvalue weighted by atomic mass is 32.1. The van der Waals surface area contributed by atoms with Gasteiger partial charge in [-0.05, 0) is 49.6 Å². The monoisotopic (exact) mass is 274 g/mol. The van der Waals surface area contributed by atoms with E-state index in [2.05, 4.69) is 28.2 Å². The Morgan fingerprint density at radius 2 is 2.21 bits per heavy atom. The summed E-state index contributed by atoms with van der Waals surface area (Å²) in [6, 6.07) is 2.98. The fraction of sp³-hybridized carbons (Fsp3) is 0.625. The van der Waals surface area contributed by atoms with Gasteiger partial charge >= 0.3 is 0 Å². The maximum Gasteiger partial charge on any atom is 0.0555 e. The van der Waals surface area contributed by atoms with Crippen molar-refractivity contribution in [3.63, 3.8) is 0 Å². The second kappa shape index (κ2) is 6.09. The van der Waals surface area contributed by atoms with Crippen LogP contribution in [0.25, 0.3) is 0 Å². The highest BCUT2D eigenvalue weighted by Crippen LogP contribution is 2.37. The molecule has 3 rings (SSSR count). The topological polar surface area (TPSA) is 29.3 Å². The minimum Gasteiger partial charge on any atom is -0.320 e. The zero-order chi connectivity index (χ0) is 13.1. The molecule has 3 heteroatoms. The van der Waals surface area contributed by atoms with Crippen LogP contribution >= 0.6 is 11.3 Å². The molecule has 1 aromatic rings. The van der Waals surface area contributed by atoms with Crippen molar-refractivity contribution in [3.05, 3.63) is 21.9 Å². The molecule has 1 aliphatic heterocycles. The van der Waals surface area contributed by atoms with Crippen LogP contribution < -0.4 is 5.73 Å². The number of nitrogens with two attached hydrogens (primary N) is 1. The van der Waals surface area contributed by atoms with Gasteiger partial charge in [0.15, 0.2) is 0 Å². The maximum atomic E-state index is 5.47. The molecule has 0 spiro atoms. The third-order valence-corrected chi connectivity index (χ3v) is 5.43. The Balaban J connectivity index is 1.72. The normalized spacial score (nSPS) is 26.8. The van der Waals surface area contributed by atoms with Gasteiger partial charge in [-0.3, -0.25) is 4.90 Å². The van der Waals surface area contributed by atoms with Crippen molar-refractivity contribution in [2.24, 2.45) is 11.7 Å². The van der Waals surface area contributed by atoms with Crippen molar-refractivity contribution in [2.45, 2.75) is 44.7 Å². The van der Waals surface area contributed by atoms with Gasteiger partial charge in [-0.15, -0.1) is 11.3 Å². The van der Waals surface area contributed by atoms with Crippen LogP contribution in [0.1, 0.15) is 42.5 Å². The van der Waals surface area contributed by atoms with Gasteiger partial charge < -0.3 is 5.73 Å². The summed E-state index contributed by atoms with van der Waals surface area (Å²) in [5, 5.41) is 2.16. The molecular formula is C16H22N2S. The Hall–Kier alpha value is -0.820. The van der Waals surface area contributed by atoms with E-state index in [0.717, 1.165) is 18.5 Å². The van der Waals surface area contributed by atoms with Crippen LogP contribution in [0.3, 0.4) is 0 Å². The van der Waals surface area contributed by atoms with Crippen LogP contribution in [0.4, 0.5) is 0 Å². The van der Waals surface area contributed by atoms with E-state index >= 15 is 0 Å². The molecule has 2 aliphatic rings. The van der Waals surface area contributed by atoms with E-state index < -0.39 is 0 Å². The maximum absolute atomic E-state index is 5.47. The second-order valence-corrected chi connectivity index (χ2v) is 6.64. The lowest BCUT2D eigenvalue weighted by atomic mass is 9.92. The lowest BCUT2D eigenvalue weighted by molar-refractivity contribution is 0.107. The average Bonchev–Trinajstić information content (AvgIpc) is 3.05. The second-order valence-electron chi connectivity index (χ2n) is 5.63. The van der Waals surface area contributed by atoms with E-state index in [1.165, 1.54) is 49.1 Å². The summed E-state index contributed by atoms with van der Waals surface area (Å²) in [5.41, 5.74) is 6.66. The first-order valence-electron chi connectivity index (χ1n) is 7.38. The van der Waals surface area contributed by atoms with Crippen molar-refractivity contribution in [1.82, 2.24) is 4.90 Å². The average molecular weight is 274 g/mol. The van der Waals surface area contributed by atoms with Crippen molar-refractivity contribution in [2.75, 3.05) is 13.1 Å². The lowest BCUT2D eigenvalue weighted by Gasteiger charge is -2.37. The van der Waals surface area contributed by atoms with Gasteiger partial charge in [-0.1, -0.05) is 18.3 Å². The number of nitrogens with zero attached hydrogens (tertiary/aromatic N) is 1. The minimum absolute atomic E-state index is 0.448. The van der Waals surface area contributed by atoms with Crippen LogP contribution in [0.5, 0.6) is 0 Å². The summed E-state index contributed by atoms with van der Waals surface area (Å²) < 4.78 is 0. The van der Waals surface area contributed by atoms with E-state index in [0.29, 0.717) is 6.54 Å². The van der Waals surface area contributed by atoms with Crippen molar-refractivity contribution in [3.8, 4) is 11.8 Å². The van der Waals surface area contributed by atoms with Crippen LogP contribution in [0, 0.1) is 17.8 Å². The first-order chi connectivity index (χ1) is 9.38. The Labute approximate surface area is 120 Å². The highest BCUT2D eigenvalue weighted by Gasteiger charge is 2.34. The molecule has 2 N–H and O–H groups in total. The molecule has 19 heavy (non-hydrogen) atoms. The van der Waals surface area contributed by atoms with Gasteiger partial charge in [0.05, 0.1) is 6.54 Å². The van der Waals surface area contributed by atoms with Gasteiger partial charge in [-0.25, -0.2) is 0 Å². The highest BCUT2D eigenvalue weighted by molar-refractivity contribution is 7.10. The Morgan fingerprint density at radius 3 is 3.11 bits per heavy atom. The molecule has 0 bridgehead atoms. The van der Waals surface area contributed by atoms with Gasteiger partial charge in [0.2, 0.25) is 0 Å². The molecular weight excluding hydrogens is 252 g/mol. The number of piperidine rings is 1. The molecule has 2 unspecified atom stereocenters. The molecule has 1 saturated heterocycles. The van der Waals surface area contributed by atoms with Gasteiger partial charge in [0.1, 0.15) is 0 Å². The van der Waals surface area contributed by atoms with Gasteiger partial charge in [0.25, 0.3) is 0 Å². The number of hydrogen-bond acceptors (Lipinski definition) is 3. The fourth-order valence-electron chi connectivity index (χ4n) is 3.66. The summed E-state index contributed by atoms with van der Waals surface area (Å²) in [4.78, 5) is 4.13. The zero-order valence-electron chi connectivity index (χ0n) is 11.4. The Bertz CT molecular complexity index is 482. The van der Waals surface area contributed by atoms with Crippen molar-refractivity contribution >= 4 is 11.3 Å². The molecule has 1 saturated carbocycles. The largest absolute Gasteiger partial charge is 0.320 e. The quantitative estimate of drug-likeness (QED) is 0.840. The molecule has 0 amide bonds. The summed E-state index contributed by atoms with van der Waals surface area (Å²) in [7, 11) is 0.